The van der Waals surface area contributed by atoms with E-state index in [1.54, 1.807) is 0 Å². The van der Waals surface area contributed by atoms with Crippen LogP contribution in [0.2, 0.25) is 0 Å². The van der Waals surface area contributed by atoms with Crippen LogP contribution in [0.1, 0.15) is 110 Å². The zero-order valence-corrected chi connectivity index (χ0v) is 15.5. The van der Waals surface area contributed by atoms with Crippen molar-refractivity contribution in [3.8, 4) is 0 Å². The Bertz CT molecular complexity index is 273. The van der Waals surface area contributed by atoms with E-state index in [4.69, 9.17) is 17.5 Å². The van der Waals surface area contributed by atoms with Crippen molar-refractivity contribution in [2.75, 3.05) is 0 Å². The topological polar surface area (TPSA) is 74.6 Å². The summed E-state index contributed by atoms with van der Waals surface area (Å²) in [6.45, 7) is 4.58. The van der Waals surface area contributed by atoms with Gasteiger partial charge in [-0.1, -0.05) is 110 Å². The van der Waals surface area contributed by atoms with E-state index >= 15 is 0 Å². The minimum atomic E-state index is -4.67. The van der Waals surface area contributed by atoms with Gasteiger partial charge in [0.1, 0.15) is 0 Å². The van der Waals surface area contributed by atoms with Crippen molar-refractivity contribution in [1.82, 2.24) is 0 Å². The Hall–Kier alpha value is 0.870. The van der Waals surface area contributed by atoms with Gasteiger partial charge >= 0.3 is 40.0 Å². The maximum absolute atomic E-state index is 8.74. The van der Waals surface area contributed by atoms with Crippen LogP contribution >= 0.6 is 0 Å². The number of unbranched alkanes of at least 4 members (excludes halogenated alkanes) is 14. The normalized spacial score (nSPS) is 10.6. The Morgan fingerprint density at radius 1 is 0.522 bits per heavy atom. The Balaban J connectivity index is -0.000000578. The minimum absolute atomic E-state index is 0. The average molecular weight is 363 g/mol. The second kappa shape index (κ2) is 22.9. The van der Waals surface area contributed by atoms with Crippen molar-refractivity contribution in [1.29, 1.82) is 0 Å². The molecule has 6 heteroatoms. The summed E-state index contributed by atoms with van der Waals surface area (Å²) in [5.74, 6) is 0. The van der Waals surface area contributed by atoms with E-state index in [0.29, 0.717) is 0 Å². The Labute approximate surface area is 167 Å². The van der Waals surface area contributed by atoms with Crippen LogP contribution in [0.5, 0.6) is 0 Å². The van der Waals surface area contributed by atoms with Gasteiger partial charge in [0, 0.05) is 0 Å². The van der Waals surface area contributed by atoms with Crippen LogP contribution in [-0.4, -0.2) is 47.1 Å². The van der Waals surface area contributed by atoms with Crippen LogP contribution in [0.25, 0.3) is 0 Å². The van der Waals surface area contributed by atoms with Gasteiger partial charge < -0.3 is 0 Å². The molecule has 0 aromatic heterocycles. The SMILES string of the molecule is CCCCCCCCCCCCCCCCC.O=S(=O)(O)O.[NaH]. The molecule has 0 aliphatic carbocycles. The molecule has 0 bridgehead atoms. The third-order valence-electron chi connectivity index (χ3n) is 3.71. The predicted molar refractivity (Wildman–Crippen MR) is 102 cm³/mol. The van der Waals surface area contributed by atoms with Gasteiger partial charge in [0.15, 0.2) is 0 Å². The van der Waals surface area contributed by atoms with Gasteiger partial charge in [0.2, 0.25) is 0 Å². The summed E-state index contributed by atoms with van der Waals surface area (Å²) in [5.41, 5.74) is 0. The molecule has 0 aromatic rings. The van der Waals surface area contributed by atoms with Crippen molar-refractivity contribution < 1.29 is 17.5 Å². The Morgan fingerprint density at radius 2 is 0.652 bits per heavy atom. The summed E-state index contributed by atoms with van der Waals surface area (Å²) in [6, 6.07) is 0. The van der Waals surface area contributed by atoms with Gasteiger partial charge in [-0.3, -0.25) is 9.11 Å². The number of hydrogen-bond donors (Lipinski definition) is 2. The van der Waals surface area contributed by atoms with E-state index in [1.807, 2.05) is 0 Å². The van der Waals surface area contributed by atoms with Crippen molar-refractivity contribution >= 4 is 40.0 Å². The van der Waals surface area contributed by atoms with Crippen molar-refractivity contribution in [3.63, 3.8) is 0 Å². The van der Waals surface area contributed by atoms with Crippen LogP contribution in [0.4, 0.5) is 0 Å². The fraction of sp³-hybridized carbons (Fsp3) is 1.00. The van der Waals surface area contributed by atoms with Gasteiger partial charge in [-0.05, 0) is 0 Å². The fourth-order valence-electron chi connectivity index (χ4n) is 2.44. The van der Waals surface area contributed by atoms with Gasteiger partial charge in [-0.25, -0.2) is 0 Å². The molecule has 0 saturated carbocycles. The molecule has 0 spiro atoms. The van der Waals surface area contributed by atoms with Gasteiger partial charge in [-0.2, -0.15) is 8.42 Å². The van der Waals surface area contributed by atoms with Crippen molar-refractivity contribution in [3.05, 3.63) is 0 Å². The quantitative estimate of drug-likeness (QED) is 0.240. The third kappa shape index (κ3) is 45.0. The first-order valence-corrected chi connectivity index (χ1v) is 10.5. The molecule has 4 nitrogen and oxygen atoms in total. The molecule has 0 aromatic carbocycles. The Morgan fingerprint density at radius 3 is 0.783 bits per heavy atom. The van der Waals surface area contributed by atoms with Crippen molar-refractivity contribution in [2.45, 2.75) is 110 Å². The van der Waals surface area contributed by atoms with Gasteiger partial charge in [-0.15, -0.1) is 0 Å². The first-order chi connectivity index (χ1) is 10.4. The zero-order valence-electron chi connectivity index (χ0n) is 14.7. The molecule has 0 aliphatic heterocycles. The van der Waals surface area contributed by atoms with E-state index in [-0.39, 0.29) is 29.6 Å². The summed E-state index contributed by atoms with van der Waals surface area (Å²) in [4.78, 5) is 0. The van der Waals surface area contributed by atoms with Crippen LogP contribution in [0.3, 0.4) is 0 Å². The van der Waals surface area contributed by atoms with Crippen molar-refractivity contribution in [2.24, 2.45) is 0 Å². The van der Waals surface area contributed by atoms with Crippen LogP contribution in [0.15, 0.2) is 0 Å². The van der Waals surface area contributed by atoms with E-state index in [9.17, 15) is 0 Å². The first-order valence-electron chi connectivity index (χ1n) is 9.11. The molecule has 0 unspecified atom stereocenters. The molecular weight excluding hydrogens is 323 g/mol. The molecule has 0 atom stereocenters. The first kappa shape index (κ1) is 28.7. The molecule has 0 radical (unpaired) electrons. The molecule has 0 aliphatic rings. The van der Waals surface area contributed by atoms with Crippen LogP contribution in [-0.2, 0) is 10.4 Å². The second-order valence-electron chi connectivity index (χ2n) is 6.04. The Kier molecular flexibility index (Phi) is 28.5. The second-order valence-corrected chi connectivity index (χ2v) is 6.94. The molecule has 138 valence electrons. The molecule has 2 N–H and O–H groups in total. The van der Waals surface area contributed by atoms with Gasteiger partial charge in [0.25, 0.3) is 0 Å². The van der Waals surface area contributed by atoms with E-state index in [0.717, 1.165) is 0 Å². The van der Waals surface area contributed by atoms with Crippen LogP contribution < -0.4 is 0 Å². The molecule has 0 rings (SSSR count). The monoisotopic (exact) mass is 362 g/mol. The summed E-state index contributed by atoms with van der Waals surface area (Å²) < 4.78 is 31.6. The fourth-order valence-corrected chi connectivity index (χ4v) is 2.44. The summed E-state index contributed by atoms with van der Waals surface area (Å²) in [7, 11) is -4.67. The summed E-state index contributed by atoms with van der Waals surface area (Å²) in [5, 5.41) is 0. The number of rotatable bonds is 14. The molecule has 0 amide bonds. The molecule has 0 fully saturated rings. The van der Waals surface area contributed by atoms with E-state index in [2.05, 4.69) is 13.8 Å². The number of hydrogen-bond acceptors (Lipinski definition) is 2. The zero-order chi connectivity index (χ0) is 17.1. The third-order valence-corrected chi connectivity index (χ3v) is 3.71. The molecular formula is C17H39NaO4S. The average Bonchev–Trinajstić information content (AvgIpc) is 2.42. The standard InChI is InChI=1S/C17H36.Na.H2O4S.H/c1-3-5-7-9-11-13-15-17-16-14-12-10-8-6-4-2;;1-5(2,3)4;/h3-17H2,1-2H3;;(H2,1,2,3,4);. The van der Waals surface area contributed by atoms with E-state index in [1.165, 1.54) is 96.3 Å². The maximum atomic E-state index is 8.74. The van der Waals surface area contributed by atoms with Gasteiger partial charge in [0.05, 0.1) is 0 Å². The molecule has 23 heavy (non-hydrogen) atoms. The summed E-state index contributed by atoms with van der Waals surface area (Å²) >= 11 is 0. The van der Waals surface area contributed by atoms with E-state index < -0.39 is 10.4 Å². The predicted octanol–water partition coefficient (Wildman–Crippen LogP) is 5.58. The van der Waals surface area contributed by atoms with Crippen LogP contribution in [0, 0.1) is 0 Å². The molecule has 0 heterocycles. The summed E-state index contributed by atoms with van der Waals surface area (Å²) in [6.07, 6.45) is 21.9. The molecule has 0 saturated heterocycles.